The van der Waals surface area contributed by atoms with Gasteiger partial charge in [-0.05, 0) is 35.0 Å². The maximum Gasteiger partial charge on any atom is 0.414 e. The summed E-state index contributed by atoms with van der Waals surface area (Å²) in [7, 11) is 1.70. The smallest absolute Gasteiger partial charge is 0.414 e. The minimum absolute atomic E-state index is 0.0679. The van der Waals surface area contributed by atoms with Crippen LogP contribution in [0.3, 0.4) is 0 Å². The third-order valence-electron chi connectivity index (χ3n) is 5.16. The number of anilines is 1. The van der Waals surface area contributed by atoms with Crippen LogP contribution in [0.25, 0.3) is 10.8 Å². The molecule has 1 atom stereocenters. The van der Waals surface area contributed by atoms with E-state index in [2.05, 4.69) is 0 Å². The van der Waals surface area contributed by atoms with Gasteiger partial charge in [-0.15, -0.1) is 0 Å². The van der Waals surface area contributed by atoms with E-state index in [0.29, 0.717) is 23.4 Å². The molecule has 1 aliphatic heterocycles. The van der Waals surface area contributed by atoms with Crippen molar-refractivity contribution in [2.75, 3.05) is 25.0 Å². The molecule has 152 valence electrons. The number of cyclic esters (lactones) is 1. The lowest BCUT2D eigenvalue weighted by molar-refractivity contribution is 0.0695. The summed E-state index contributed by atoms with van der Waals surface area (Å²) in [6.07, 6.45) is -0.930. The Balaban J connectivity index is 1.45. The van der Waals surface area contributed by atoms with Gasteiger partial charge in [-0.3, -0.25) is 15.1 Å². The monoisotopic (exact) mass is 402 g/mol. The lowest BCUT2D eigenvalue weighted by Gasteiger charge is -2.20. The lowest BCUT2D eigenvalue weighted by atomic mass is 10.1. The number of hydrogen-bond acceptors (Lipinski definition) is 4. The maximum atomic E-state index is 12.9. The Labute approximate surface area is 174 Å². The SMILES string of the molecule is CN(CC1CN(c2cccc(C(=N)N)c2)C(=O)O1)C(=O)c1ccc2ccccc2c1. The number of carbonyl (C=O) groups is 2. The van der Waals surface area contributed by atoms with Gasteiger partial charge in [-0.25, -0.2) is 4.79 Å². The number of fused-ring (bicyclic) bond motifs is 1. The zero-order valence-corrected chi connectivity index (χ0v) is 16.5. The molecule has 1 fully saturated rings. The quantitative estimate of drug-likeness (QED) is 0.505. The van der Waals surface area contributed by atoms with Gasteiger partial charge in [0.1, 0.15) is 11.9 Å². The number of amides is 2. The summed E-state index contributed by atoms with van der Waals surface area (Å²) in [6, 6.07) is 20.4. The van der Waals surface area contributed by atoms with E-state index in [9.17, 15) is 9.59 Å². The molecule has 3 aromatic carbocycles. The number of ether oxygens (including phenoxy) is 1. The van der Waals surface area contributed by atoms with Gasteiger partial charge in [0.15, 0.2) is 0 Å². The van der Waals surface area contributed by atoms with E-state index in [1.807, 2.05) is 36.4 Å². The van der Waals surface area contributed by atoms with E-state index < -0.39 is 12.2 Å². The van der Waals surface area contributed by atoms with Crippen LogP contribution in [0.4, 0.5) is 10.5 Å². The van der Waals surface area contributed by atoms with Crippen LogP contribution in [0.2, 0.25) is 0 Å². The average molecular weight is 402 g/mol. The molecule has 2 amide bonds. The van der Waals surface area contributed by atoms with E-state index in [-0.39, 0.29) is 18.3 Å². The number of amidine groups is 1. The van der Waals surface area contributed by atoms with Crippen LogP contribution in [-0.4, -0.2) is 49.0 Å². The van der Waals surface area contributed by atoms with Crippen LogP contribution in [0.5, 0.6) is 0 Å². The Morgan fingerprint density at radius 1 is 1.10 bits per heavy atom. The van der Waals surface area contributed by atoms with Crippen molar-refractivity contribution in [3.63, 3.8) is 0 Å². The molecule has 0 aromatic heterocycles. The first-order chi connectivity index (χ1) is 14.4. The summed E-state index contributed by atoms with van der Waals surface area (Å²) in [5.41, 5.74) is 7.27. The first-order valence-corrected chi connectivity index (χ1v) is 9.59. The predicted molar refractivity (Wildman–Crippen MR) is 116 cm³/mol. The molecule has 1 heterocycles. The molecule has 0 saturated carbocycles. The maximum absolute atomic E-state index is 12.9. The molecule has 1 aliphatic rings. The van der Waals surface area contributed by atoms with E-state index in [4.69, 9.17) is 15.9 Å². The van der Waals surface area contributed by atoms with Gasteiger partial charge >= 0.3 is 6.09 Å². The highest BCUT2D eigenvalue weighted by Gasteiger charge is 2.34. The summed E-state index contributed by atoms with van der Waals surface area (Å²) in [5, 5.41) is 9.64. The minimum Gasteiger partial charge on any atom is -0.442 e. The van der Waals surface area contributed by atoms with Crippen molar-refractivity contribution in [3.05, 3.63) is 77.9 Å². The van der Waals surface area contributed by atoms with Crippen molar-refractivity contribution in [3.8, 4) is 0 Å². The minimum atomic E-state index is -0.479. The first-order valence-electron chi connectivity index (χ1n) is 9.59. The number of likely N-dealkylation sites (N-methyl/N-ethyl adjacent to an activating group) is 1. The normalized spacial score (nSPS) is 15.8. The Kier molecular flexibility index (Phi) is 5.10. The highest BCUT2D eigenvalue weighted by molar-refractivity contribution is 5.99. The third-order valence-corrected chi connectivity index (χ3v) is 5.16. The third kappa shape index (κ3) is 3.82. The van der Waals surface area contributed by atoms with Gasteiger partial charge in [-0.2, -0.15) is 0 Å². The molecule has 0 radical (unpaired) electrons. The molecule has 1 saturated heterocycles. The predicted octanol–water partition coefficient (Wildman–Crippen LogP) is 3.22. The molecule has 7 nitrogen and oxygen atoms in total. The lowest BCUT2D eigenvalue weighted by Crippen LogP contribution is -2.36. The van der Waals surface area contributed by atoms with Gasteiger partial charge in [0.2, 0.25) is 0 Å². The van der Waals surface area contributed by atoms with E-state index in [1.54, 1.807) is 42.3 Å². The van der Waals surface area contributed by atoms with Crippen molar-refractivity contribution < 1.29 is 14.3 Å². The molecule has 7 heteroatoms. The number of nitrogens with one attached hydrogen (secondary N) is 1. The Hall–Kier alpha value is -3.87. The molecule has 0 spiro atoms. The van der Waals surface area contributed by atoms with E-state index in [1.165, 1.54) is 4.90 Å². The van der Waals surface area contributed by atoms with Crippen LogP contribution in [0.15, 0.2) is 66.7 Å². The number of hydrogen-bond donors (Lipinski definition) is 2. The average Bonchev–Trinajstić information content (AvgIpc) is 3.12. The largest absolute Gasteiger partial charge is 0.442 e. The molecule has 0 aliphatic carbocycles. The number of nitrogens with zero attached hydrogens (tertiary/aromatic N) is 2. The molecule has 3 N–H and O–H groups in total. The van der Waals surface area contributed by atoms with Gasteiger partial charge in [-0.1, -0.05) is 42.5 Å². The number of benzene rings is 3. The second-order valence-electron chi connectivity index (χ2n) is 7.33. The van der Waals surface area contributed by atoms with Crippen molar-refractivity contribution in [2.24, 2.45) is 5.73 Å². The summed E-state index contributed by atoms with van der Waals surface area (Å²) >= 11 is 0. The van der Waals surface area contributed by atoms with Crippen LogP contribution in [0.1, 0.15) is 15.9 Å². The molecule has 1 unspecified atom stereocenters. The summed E-state index contributed by atoms with van der Waals surface area (Å²) in [6.45, 7) is 0.593. The number of nitrogen functional groups attached to an aromatic ring is 1. The Bertz CT molecular complexity index is 1140. The van der Waals surface area contributed by atoms with Crippen LogP contribution >= 0.6 is 0 Å². The van der Waals surface area contributed by atoms with Gasteiger partial charge in [0, 0.05) is 23.9 Å². The topological polar surface area (TPSA) is 99.7 Å². The van der Waals surface area contributed by atoms with Gasteiger partial charge < -0.3 is 15.4 Å². The van der Waals surface area contributed by atoms with E-state index >= 15 is 0 Å². The van der Waals surface area contributed by atoms with Crippen LogP contribution in [-0.2, 0) is 4.74 Å². The Morgan fingerprint density at radius 3 is 2.63 bits per heavy atom. The number of carbonyl (C=O) groups excluding carboxylic acids is 2. The van der Waals surface area contributed by atoms with Gasteiger partial charge in [0.05, 0.1) is 13.1 Å². The number of rotatable bonds is 5. The number of nitrogens with two attached hydrogens (primary N) is 1. The second kappa shape index (κ2) is 7.87. The molecule has 30 heavy (non-hydrogen) atoms. The highest BCUT2D eigenvalue weighted by Crippen LogP contribution is 2.23. The van der Waals surface area contributed by atoms with Gasteiger partial charge in [0.25, 0.3) is 5.91 Å². The summed E-state index contributed by atoms with van der Waals surface area (Å²) < 4.78 is 5.46. The van der Waals surface area contributed by atoms with Crippen molar-refractivity contribution in [1.82, 2.24) is 4.90 Å². The van der Waals surface area contributed by atoms with Crippen molar-refractivity contribution >= 4 is 34.3 Å². The van der Waals surface area contributed by atoms with E-state index in [0.717, 1.165) is 10.8 Å². The second-order valence-corrected chi connectivity index (χ2v) is 7.33. The van der Waals surface area contributed by atoms with Crippen LogP contribution in [0, 0.1) is 5.41 Å². The summed E-state index contributed by atoms with van der Waals surface area (Å²) in [4.78, 5) is 28.3. The molecular weight excluding hydrogens is 380 g/mol. The van der Waals surface area contributed by atoms with Crippen molar-refractivity contribution in [1.29, 1.82) is 5.41 Å². The fourth-order valence-electron chi connectivity index (χ4n) is 3.60. The Morgan fingerprint density at radius 2 is 1.87 bits per heavy atom. The zero-order valence-electron chi connectivity index (χ0n) is 16.5. The fourth-order valence-corrected chi connectivity index (χ4v) is 3.60. The van der Waals surface area contributed by atoms with Crippen LogP contribution < -0.4 is 10.6 Å². The summed E-state index contributed by atoms with van der Waals surface area (Å²) in [5.74, 6) is -0.199. The fraction of sp³-hybridized carbons (Fsp3) is 0.174. The molecule has 3 aromatic rings. The van der Waals surface area contributed by atoms with Crippen molar-refractivity contribution in [2.45, 2.75) is 6.10 Å². The molecule has 0 bridgehead atoms. The first kappa shape index (κ1) is 19.4. The molecule has 4 rings (SSSR count). The molecular formula is C23H22N4O3. The highest BCUT2D eigenvalue weighted by atomic mass is 16.6. The standard InChI is InChI=1S/C23H22N4O3/c1-26(22(28)18-10-9-15-5-2-3-6-16(15)11-18)13-20-14-27(23(29)30-20)19-8-4-7-17(12-19)21(24)25/h2-12,20H,13-14H2,1H3,(H3,24,25). The zero-order chi connectivity index (χ0) is 21.3.